The maximum Gasteiger partial charge on any atom is 0.335 e. The van der Waals surface area contributed by atoms with E-state index in [4.69, 9.17) is 10.2 Å². The van der Waals surface area contributed by atoms with Crippen molar-refractivity contribution in [2.45, 2.75) is 13.0 Å². The molecule has 0 radical (unpaired) electrons. The molecule has 0 amide bonds. The normalized spacial score (nSPS) is 12.2. The molecular formula is C10H12FNO3. The van der Waals surface area contributed by atoms with Crippen LogP contribution < -0.4 is 5.32 Å². The van der Waals surface area contributed by atoms with E-state index in [1.807, 2.05) is 0 Å². The van der Waals surface area contributed by atoms with E-state index in [0.29, 0.717) is 0 Å². The Labute approximate surface area is 86.4 Å². The van der Waals surface area contributed by atoms with Crippen LogP contribution in [0.1, 0.15) is 17.3 Å². The van der Waals surface area contributed by atoms with Gasteiger partial charge in [0.15, 0.2) is 0 Å². The van der Waals surface area contributed by atoms with Crippen molar-refractivity contribution in [2.24, 2.45) is 0 Å². The van der Waals surface area contributed by atoms with Crippen molar-refractivity contribution >= 4 is 11.7 Å². The Morgan fingerprint density at radius 2 is 2.27 bits per heavy atom. The molecule has 0 saturated carbocycles. The lowest BCUT2D eigenvalue weighted by Gasteiger charge is -2.09. The summed E-state index contributed by atoms with van der Waals surface area (Å²) < 4.78 is 13.1. The second-order valence-corrected chi connectivity index (χ2v) is 3.23. The van der Waals surface area contributed by atoms with Crippen LogP contribution in [0.25, 0.3) is 0 Å². The molecule has 0 spiro atoms. The summed E-state index contributed by atoms with van der Waals surface area (Å²) in [5.74, 6) is -1.66. The number of benzene rings is 1. The van der Waals surface area contributed by atoms with E-state index in [0.717, 1.165) is 6.07 Å². The Morgan fingerprint density at radius 1 is 1.60 bits per heavy atom. The van der Waals surface area contributed by atoms with Crippen LogP contribution in [-0.2, 0) is 0 Å². The maximum atomic E-state index is 13.1. The van der Waals surface area contributed by atoms with Crippen LogP contribution in [0.2, 0.25) is 0 Å². The number of rotatable bonds is 4. The quantitative estimate of drug-likeness (QED) is 0.705. The third-order valence-corrected chi connectivity index (χ3v) is 1.80. The van der Waals surface area contributed by atoms with Crippen LogP contribution in [-0.4, -0.2) is 28.8 Å². The molecule has 0 aliphatic heterocycles. The van der Waals surface area contributed by atoms with Gasteiger partial charge in [0.1, 0.15) is 5.82 Å². The zero-order chi connectivity index (χ0) is 11.4. The molecule has 4 nitrogen and oxygen atoms in total. The van der Waals surface area contributed by atoms with Gasteiger partial charge in [-0.05, 0) is 25.1 Å². The molecule has 0 aliphatic carbocycles. The van der Waals surface area contributed by atoms with Gasteiger partial charge in [-0.15, -0.1) is 0 Å². The van der Waals surface area contributed by atoms with Gasteiger partial charge in [0.25, 0.3) is 0 Å². The Kier molecular flexibility index (Phi) is 3.62. The summed E-state index contributed by atoms with van der Waals surface area (Å²) in [5, 5.41) is 20.3. The van der Waals surface area contributed by atoms with Crippen LogP contribution in [0.3, 0.4) is 0 Å². The molecule has 1 aromatic carbocycles. The Bertz CT molecular complexity index is 366. The lowest BCUT2D eigenvalue weighted by atomic mass is 10.2. The number of anilines is 1. The molecule has 15 heavy (non-hydrogen) atoms. The van der Waals surface area contributed by atoms with Gasteiger partial charge in [-0.2, -0.15) is 0 Å². The number of hydrogen-bond donors (Lipinski definition) is 3. The van der Waals surface area contributed by atoms with Crippen LogP contribution in [0.15, 0.2) is 18.2 Å². The molecule has 3 N–H and O–H groups in total. The topological polar surface area (TPSA) is 69.6 Å². The average molecular weight is 213 g/mol. The van der Waals surface area contributed by atoms with E-state index >= 15 is 0 Å². The van der Waals surface area contributed by atoms with E-state index in [2.05, 4.69) is 5.32 Å². The summed E-state index contributed by atoms with van der Waals surface area (Å²) in [4.78, 5) is 10.6. The molecule has 1 aromatic rings. The third kappa shape index (κ3) is 3.21. The van der Waals surface area contributed by atoms with Gasteiger partial charge in [-0.3, -0.25) is 0 Å². The summed E-state index contributed by atoms with van der Waals surface area (Å²) in [6.07, 6.45) is -0.627. The van der Waals surface area contributed by atoms with Gasteiger partial charge in [0.2, 0.25) is 0 Å². The lowest BCUT2D eigenvalue weighted by Crippen LogP contribution is -2.16. The highest BCUT2D eigenvalue weighted by molar-refractivity contribution is 5.88. The smallest absolute Gasteiger partial charge is 0.335 e. The molecule has 82 valence electrons. The molecule has 0 bridgehead atoms. The van der Waals surface area contributed by atoms with Crippen molar-refractivity contribution in [3.63, 3.8) is 0 Å². The highest BCUT2D eigenvalue weighted by atomic mass is 19.1. The standard InChI is InChI=1S/C10H12FNO3/c1-6(13)5-12-9-4-7(10(14)15)2-3-8(9)11/h2-4,6,12-13H,5H2,1H3,(H,14,15). The number of aliphatic hydroxyl groups excluding tert-OH is 1. The number of hydrogen-bond acceptors (Lipinski definition) is 3. The first-order valence-corrected chi connectivity index (χ1v) is 4.45. The summed E-state index contributed by atoms with van der Waals surface area (Å²) in [7, 11) is 0. The predicted molar refractivity (Wildman–Crippen MR) is 53.5 cm³/mol. The largest absolute Gasteiger partial charge is 0.478 e. The minimum atomic E-state index is -1.12. The van der Waals surface area contributed by atoms with E-state index in [1.165, 1.54) is 12.1 Å². The Hall–Kier alpha value is -1.62. The lowest BCUT2D eigenvalue weighted by molar-refractivity contribution is 0.0697. The summed E-state index contributed by atoms with van der Waals surface area (Å²) in [5.41, 5.74) is 0.0836. The molecule has 0 heterocycles. The average Bonchev–Trinajstić information content (AvgIpc) is 2.16. The number of carboxylic acids is 1. The van der Waals surface area contributed by atoms with Crippen molar-refractivity contribution in [2.75, 3.05) is 11.9 Å². The first-order valence-electron chi connectivity index (χ1n) is 4.45. The van der Waals surface area contributed by atoms with Crippen LogP contribution in [0.4, 0.5) is 10.1 Å². The SMILES string of the molecule is CC(O)CNc1cc(C(=O)O)ccc1F. The Morgan fingerprint density at radius 3 is 2.80 bits per heavy atom. The number of carboxylic acid groups (broad SMARTS) is 1. The third-order valence-electron chi connectivity index (χ3n) is 1.80. The number of aromatic carboxylic acids is 1. The zero-order valence-corrected chi connectivity index (χ0v) is 8.20. The van der Waals surface area contributed by atoms with E-state index in [9.17, 15) is 9.18 Å². The van der Waals surface area contributed by atoms with Crippen molar-refractivity contribution in [1.82, 2.24) is 0 Å². The van der Waals surface area contributed by atoms with Crippen molar-refractivity contribution < 1.29 is 19.4 Å². The van der Waals surface area contributed by atoms with Gasteiger partial charge in [-0.25, -0.2) is 9.18 Å². The highest BCUT2D eigenvalue weighted by Gasteiger charge is 2.08. The van der Waals surface area contributed by atoms with Crippen molar-refractivity contribution in [3.8, 4) is 0 Å². The molecule has 1 unspecified atom stereocenters. The number of carbonyl (C=O) groups is 1. The minimum absolute atomic E-state index is 0.00416. The van der Waals surface area contributed by atoms with Gasteiger partial charge >= 0.3 is 5.97 Å². The zero-order valence-electron chi connectivity index (χ0n) is 8.20. The first-order chi connectivity index (χ1) is 7.00. The van der Waals surface area contributed by atoms with Gasteiger partial charge < -0.3 is 15.5 Å². The number of nitrogens with one attached hydrogen (secondary N) is 1. The molecule has 0 fully saturated rings. The fourth-order valence-electron chi connectivity index (χ4n) is 1.05. The molecule has 1 atom stereocenters. The fraction of sp³-hybridized carbons (Fsp3) is 0.300. The maximum absolute atomic E-state index is 13.1. The van der Waals surface area contributed by atoms with Crippen LogP contribution in [0.5, 0.6) is 0 Å². The highest BCUT2D eigenvalue weighted by Crippen LogP contribution is 2.16. The van der Waals surface area contributed by atoms with Crippen LogP contribution >= 0.6 is 0 Å². The predicted octanol–water partition coefficient (Wildman–Crippen LogP) is 1.32. The molecule has 5 heteroatoms. The molecule has 0 saturated heterocycles. The van der Waals surface area contributed by atoms with Crippen molar-refractivity contribution in [1.29, 1.82) is 0 Å². The van der Waals surface area contributed by atoms with Crippen LogP contribution in [0, 0.1) is 5.82 Å². The van der Waals surface area contributed by atoms with E-state index < -0.39 is 17.9 Å². The second-order valence-electron chi connectivity index (χ2n) is 3.23. The van der Waals surface area contributed by atoms with E-state index in [-0.39, 0.29) is 17.8 Å². The molecule has 0 aliphatic rings. The van der Waals surface area contributed by atoms with Crippen molar-refractivity contribution in [3.05, 3.63) is 29.6 Å². The summed E-state index contributed by atoms with van der Waals surface area (Å²) in [6, 6.07) is 3.46. The van der Waals surface area contributed by atoms with Gasteiger partial charge in [-0.1, -0.05) is 0 Å². The van der Waals surface area contributed by atoms with Gasteiger partial charge in [0, 0.05) is 6.54 Å². The monoisotopic (exact) mass is 213 g/mol. The molecule has 0 aromatic heterocycles. The molecule has 1 rings (SSSR count). The summed E-state index contributed by atoms with van der Waals surface area (Å²) in [6.45, 7) is 1.71. The summed E-state index contributed by atoms with van der Waals surface area (Å²) >= 11 is 0. The number of halogens is 1. The number of aliphatic hydroxyl groups is 1. The molecular weight excluding hydrogens is 201 g/mol. The second kappa shape index (κ2) is 4.75. The van der Waals surface area contributed by atoms with E-state index in [1.54, 1.807) is 6.92 Å². The minimum Gasteiger partial charge on any atom is -0.478 e. The van der Waals surface area contributed by atoms with Gasteiger partial charge in [0.05, 0.1) is 17.4 Å². The Balaban J connectivity index is 2.85. The first kappa shape index (κ1) is 11.5. The fourth-order valence-corrected chi connectivity index (χ4v) is 1.05.